The average Bonchev–Trinajstić information content (AvgIpc) is 2.97. The van der Waals surface area contributed by atoms with Crippen molar-refractivity contribution < 1.29 is 4.52 Å². The van der Waals surface area contributed by atoms with Crippen molar-refractivity contribution in [3.63, 3.8) is 0 Å². The summed E-state index contributed by atoms with van der Waals surface area (Å²) < 4.78 is 5.50. The minimum Gasteiger partial charge on any atom is -0.334 e. The Balaban J connectivity index is 1.74. The summed E-state index contributed by atoms with van der Waals surface area (Å²) in [6.45, 7) is 1.95. The molecule has 5 nitrogen and oxygen atoms in total. The Morgan fingerprint density at radius 1 is 1.09 bits per heavy atom. The minimum atomic E-state index is -0.118. The Labute approximate surface area is 128 Å². The first kappa shape index (κ1) is 13.1. The highest BCUT2D eigenvalue weighted by atomic mass is 16.5. The first-order valence-corrected chi connectivity index (χ1v) is 7.46. The largest absolute Gasteiger partial charge is 0.334 e. The Hall–Kier alpha value is -2.56. The van der Waals surface area contributed by atoms with E-state index >= 15 is 0 Å². The SMILES string of the molecule is Cc1cc(-c2nc(C3(c4ccncc4)CCC3)no2)ccn1. The van der Waals surface area contributed by atoms with Crippen LogP contribution in [-0.2, 0) is 5.41 Å². The van der Waals surface area contributed by atoms with Gasteiger partial charge in [-0.25, -0.2) is 0 Å². The second kappa shape index (κ2) is 5.02. The molecule has 0 saturated heterocycles. The van der Waals surface area contributed by atoms with Gasteiger partial charge in [-0.05, 0) is 49.6 Å². The zero-order valence-corrected chi connectivity index (χ0v) is 12.4. The van der Waals surface area contributed by atoms with E-state index in [0.29, 0.717) is 5.89 Å². The van der Waals surface area contributed by atoms with Gasteiger partial charge in [-0.3, -0.25) is 9.97 Å². The van der Waals surface area contributed by atoms with Crippen LogP contribution in [0.2, 0.25) is 0 Å². The Kier molecular flexibility index (Phi) is 2.99. The maximum atomic E-state index is 5.50. The molecule has 3 heterocycles. The van der Waals surface area contributed by atoms with Crippen molar-refractivity contribution in [3.05, 3.63) is 59.9 Å². The highest BCUT2D eigenvalue weighted by Gasteiger charge is 2.44. The lowest BCUT2D eigenvalue weighted by Crippen LogP contribution is -2.36. The number of hydrogen-bond acceptors (Lipinski definition) is 5. The third kappa shape index (κ3) is 2.01. The lowest BCUT2D eigenvalue weighted by Gasteiger charge is -2.39. The van der Waals surface area contributed by atoms with Crippen LogP contribution in [0.15, 0.2) is 47.4 Å². The third-order valence-corrected chi connectivity index (χ3v) is 4.44. The number of rotatable bonds is 3. The van der Waals surface area contributed by atoms with E-state index in [9.17, 15) is 0 Å². The van der Waals surface area contributed by atoms with Gasteiger partial charge in [0, 0.05) is 29.8 Å². The fourth-order valence-corrected chi connectivity index (χ4v) is 3.06. The van der Waals surface area contributed by atoms with E-state index in [1.807, 2.05) is 43.6 Å². The Morgan fingerprint density at radius 3 is 2.59 bits per heavy atom. The summed E-state index contributed by atoms with van der Waals surface area (Å²) in [5, 5.41) is 4.27. The number of aromatic nitrogens is 4. The molecule has 1 fully saturated rings. The smallest absolute Gasteiger partial charge is 0.258 e. The number of hydrogen-bond donors (Lipinski definition) is 0. The van der Waals surface area contributed by atoms with Crippen LogP contribution in [0.5, 0.6) is 0 Å². The van der Waals surface area contributed by atoms with Crippen molar-refractivity contribution >= 4 is 0 Å². The zero-order valence-electron chi connectivity index (χ0n) is 12.4. The topological polar surface area (TPSA) is 64.7 Å². The third-order valence-electron chi connectivity index (χ3n) is 4.44. The van der Waals surface area contributed by atoms with Gasteiger partial charge in [0.05, 0.1) is 5.41 Å². The van der Waals surface area contributed by atoms with E-state index in [4.69, 9.17) is 4.52 Å². The number of aryl methyl sites for hydroxylation is 1. The standard InChI is InChI=1S/C17H16N4O/c1-12-11-13(3-10-19-12)15-20-16(21-22-15)17(6-2-7-17)14-4-8-18-9-5-14/h3-5,8-11H,2,6-7H2,1H3. The molecule has 5 heteroatoms. The molecule has 0 spiro atoms. The zero-order chi connectivity index (χ0) is 15.0. The lowest BCUT2D eigenvalue weighted by atomic mass is 9.64. The summed E-state index contributed by atoms with van der Waals surface area (Å²) >= 11 is 0. The van der Waals surface area contributed by atoms with Crippen LogP contribution < -0.4 is 0 Å². The molecule has 4 rings (SSSR count). The predicted molar refractivity (Wildman–Crippen MR) is 81.1 cm³/mol. The van der Waals surface area contributed by atoms with Crippen LogP contribution in [0, 0.1) is 6.92 Å². The molecule has 1 aliphatic rings. The average molecular weight is 292 g/mol. The number of pyridine rings is 2. The highest BCUT2D eigenvalue weighted by molar-refractivity contribution is 5.53. The summed E-state index contributed by atoms with van der Waals surface area (Å²) in [5.74, 6) is 1.33. The number of nitrogens with zero attached hydrogens (tertiary/aromatic N) is 4. The molecule has 3 aromatic heterocycles. The molecule has 0 aliphatic heterocycles. The van der Waals surface area contributed by atoms with Crippen molar-refractivity contribution in [2.45, 2.75) is 31.6 Å². The van der Waals surface area contributed by atoms with Crippen molar-refractivity contribution in [2.75, 3.05) is 0 Å². The molecule has 0 N–H and O–H groups in total. The van der Waals surface area contributed by atoms with E-state index in [-0.39, 0.29) is 5.41 Å². The van der Waals surface area contributed by atoms with Gasteiger partial charge in [-0.2, -0.15) is 4.98 Å². The normalized spacial score (nSPS) is 16.2. The van der Waals surface area contributed by atoms with Gasteiger partial charge >= 0.3 is 0 Å². The van der Waals surface area contributed by atoms with E-state index in [0.717, 1.165) is 29.9 Å². The van der Waals surface area contributed by atoms with E-state index in [2.05, 4.69) is 20.1 Å². The molecular weight excluding hydrogens is 276 g/mol. The fraction of sp³-hybridized carbons (Fsp3) is 0.294. The van der Waals surface area contributed by atoms with Crippen molar-refractivity contribution in [2.24, 2.45) is 0 Å². The fourth-order valence-electron chi connectivity index (χ4n) is 3.06. The monoisotopic (exact) mass is 292 g/mol. The Morgan fingerprint density at radius 2 is 1.91 bits per heavy atom. The van der Waals surface area contributed by atoms with E-state index in [1.54, 1.807) is 6.20 Å². The second-order valence-electron chi connectivity index (χ2n) is 5.78. The van der Waals surface area contributed by atoms with Crippen LogP contribution in [-0.4, -0.2) is 20.1 Å². The first-order valence-electron chi connectivity index (χ1n) is 7.46. The molecule has 0 aromatic carbocycles. The first-order chi connectivity index (χ1) is 10.8. The van der Waals surface area contributed by atoms with Gasteiger partial charge in [-0.15, -0.1) is 0 Å². The molecular formula is C17H16N4O. The Bertz CT molecular complexity index is 793. The molecule has 1 aliphatic carbocycles. The molecule has 0 atom stereocenters. The summed E-state index contributed by atoms with van der Waals surface area (Å²) in [4.78, 5) is 13.0. The highest BCUT2D eigenvalue weighted by Crippen LogP contribution is 2.47. The maximum Gasteiger partial charge on any atom is 0.258 e. The van der Waals surface area contributed by atoms with Crippen molar-refractivity contribution in [1.29, 1.82) is 0 Å². The van der Waals surface area contributed by atoms with Gasteiger partial charge < -0.3 is 4.52 Å². The summed E-state index contributed by atoms with van der Waals surface area (Å²) in [6, 6.07) is 7.94. The molecule has 0 amide bonds. The van der Waals surface area contributed by atoms with E-state index < -0.39 is 0 Å². The molecule has 22 heavy (non-hydrogen) atoms. The predicted octanol–water partition coefficient (Wildman–Crippen LogP) is 3.31. The van der Waals surface area contributed by atoms with E-state index in [1.165, 1.54) is 12.0 Å². The minimum absolute atomic E-state index is 0.118. The quantitative estimate of drug-likeness (QED) is 0.741. The van der Waals surface area contributed by atoms with Crippen LogP contribution in [0.1, 0.15) is 36.3 Å². The van der Waals surface area contributed by atoms with Gasteiger partial charge in [0.2, 0.25) is 0 Å². The van der Waals surface area contributed by atoms with Gasteiger partial charge in [0.1, 0.15) is 0 Å². The molecule has 0 radical (unpaired) electrons. The maximum absolute atomic E-state index is 5.50. The van der Waals surface area contributed by atoms with Crippen molar-refractivity contribution in [3.8, 4) is 11.5 Å². The molecule has 1 saturated carbocycles. The molecule has 3 aromatic rings. The molecule has 0 bridgehead atoms. The van der Waals surface area contributed by atoms with Gasteiger partial charge in [-0.1, -0.05) is 11.6 Å². The van der Waals surface area contributed by atoms with Crippen LogP contribution in [0.4, 0.5) is 0 Å². The van der Waals surface area contributed by atoms with Crippen molar-refractivity contribution in [1.82, 2.24) is 20.1 Å². The summed E-state index contributed by atoms with van der Waals surface area (Å²) in [7, 11) is 0. The van der Waals surface area contributed by atoms with Crippen LogP contribution >= 0.6 is 0 Å². The second-order valence-corrected chi connectivity index (χ2v) is 5.78. The van der Waals surface area contributed by atoms with Crippen LogP contribution in [0.3, 0.4) is 0 Å². The summed E-state index contributed by atoms with van der Waals surface area (Å²) in [5.41, 5.74) is 2.94. The molecule has 0 unspecified atom stereocenters. The van der Waals surface area contributed by atoms with Gasteiger partial charge in [0.25, 0.3) is 5.89 Å². The van der Waals surface area contributed by atoms with Gasteiger partial charge in [0.15, 0.2) is 5.82 Å². The van der Waals surface area contributed by atoms with Crippen LogP contribution in [0.25, 0.3) is 11.5 Å². The molecule has 110 valence electrons. The summed E-state index contributed by atoms with van der Waals surface area (Å²) in [6.07, 6.45) is 8.68. The lowest BCUT2D eigenvalue weighted by molar-refractivity contribution is 0.272.